The Morgan fingerprint density at radius 3 is 2.78 bits per heavy atom. The maximum atomic E-state index is 11.4. The van der Waals surface area contributed by atoms with Crippen molar-refractivity contribution >= 4 is 5.91 Å². The first-order chi connectivity index (χ1) is 8.72. The van der Waals surface area contributed by atoms with Crippen molar-refractivity contribution < 1.29 is 19.4 Å². The molecule has 2 N–H and O–H groups in total. The zero-order valence-electron chi connectivity index (χ0n) is 10.5. The molecule has 0 saturated heterocycles. The minimum Gasteiger partial charge on any atom is -0.484 e. The van der Waals surface area contributed by atoms with Gasteiger partial charge in [-0.15, -0.1) is 0 Å². The molecule has 0 aliphatic heterocycles. The maximum absolute atomic E-state index is 11.4. The standard InChI is InChI=1S/C13H19NO4/c1-17-9-11(15)7-8-14-13(16)10-18-12-5-3-2-4-6-12/h2-6,11,15H,7-10H2,1H3,(H,14,16). The number of carbonyl (C=O) groups excluding carboxylic acids is 1. The van der Waals surface area contributed by atoms with Crippen LogP contribution in [0.2, 0.25) is 0 Å². The highest BCUT2D eigenvalue weighted by Crippen LogP contribution is 2.07. The fourth-order valence-electron chi connectivity index (χ4n) is 1.37. The lowest BCUT2D eigenvalue weighted by molar-refractivity contribution is -0.123. The molecule has 1 aromatic rings. The second kappa shape index (κ2) is 8.49. The number of benzene rings is 1. The van der Waals surface area contributed by atoms with Crippen molar-refractivity contribution in [3.8, 4) is 5.75 Å². The number of nitrogens with one attached hydrogen (secondary N) is 1. The summed E-state index contributed by atoms with van der Waals surface area (Å²) >= 11 is 0. The number of carbonyl (C=O) groups is 1. The molecule has 1 atom stereocenters. The zero-order valence-corrected chi connectivity index (χ0v) is 10.5. The van der Waals surface area contributed by atoms with Crippen molar-refractivity contribution in [1.29, 1.82) is 0 Å². The molecule has 0 aliphatic rings. The van der Waals surface area contributed by atoms with Crippen molar-refractivity contribution in [1.82, 2.24) is 5.32 Å². The van der Waals surface area contributed by atoms with Crippen molar-refractivity contribution in [2.24, 2.45) is 0 Å². The summed E-state index contributed by atoms with van der Waals surface area (Å²) in [4.78, 5) is 11.4. The van der Waals surface area contributed by atoms with Gasteiger partial charge in [-0.2, -0.15) is 0 Å². The third-order valence-electron chi connectivity index (χ3n) is 2.27. The number of hydrogen-bond donors (Lipinski definition) is 2. The van der Waals surface area contributed by atoms with Gasteiger partial charge in [0.25, 0.3) is 5.91 Å². The summed E-state index contributed by atoms with van der Waals surface area (Å²) in [5, 5.41) is 12.0. The summed E-state index contributed by atoms with van der Waals surface area (Å²) in [6.45, 7) is 0.655. The van der Waals surface area contributed by atoms with E-state index in [1.165, 1.54) is 7.11 Å². The Kier molecular flexibility index (Phi) is 6.83. The summed E-state index contributed by atoms with van der Waals surface area (Å²) in [5.41, 5.74) is 0. The van der Waals surface area contributed by atoms with Gasteiger partial charge in [0.2, 0.25) is 0 Å². The molecule has 0 bridgehead atoms. The molecule has 0 radical (unpaired) electrons. The molecule has 5 nitrogen and oxygen atoms in total. The van der Waals surface area contributed by atoms with Gasteiger partial charge in [-0.3, -0.25) is 4.79 Å². The minimum atomic E-state index is -0.551. The Bertz CT molecular complexity index is 342. The molecule has 0 heterocycles. The van der Waals surface area contributed by atoms with Gasteiger partial charge in [-0.05, 0) is 18.6 Å². The third-order valence-corrected chi connectivity index (χ3v) is 2.27. The SMILES string of the molecule is COCC(O)CCNC(=O)COc1ccccc1. The summed E-state index contributed by atoms with van der Waals surface area (Å²) in [6, 6.07) is 9.14. The summed E-state index contributed by atoms with van der Waals surface area (Å²) < 4.78 is 10.1. The lowest BCUT2D eigenvalue weighted by Gasteiger charge is -2.10. The molecular formula is C13H19NO4. The highest BCUT2D eigenvalue weighted by molar-refractivity contribution is 5.77. The molecular weight excluding hydrogens is 234 g/mol. The quantitative estimate of drug-likeness (QED) is 0.711. The third kappa shape index (κ3) is 6.22. The fourth-order valence-corrected chi connectivity index (χ4v) is 1.37. The van der Waals surface area contributed by atoms with E-state index < -0.39 is 6.10 Å². The van der Waals surface area contributed by atoms with E-state index >= 15 is 0 Å². The van der Waals surface area contributed by atoms with Gasteiger partial charge in [-0.25, -0.2) is 0 Å². The van der Waals surface area contributed by atoms with Crippen molar-refractivity contribution in [2.45, 2.75) is 12.5 Å². The van der Waals surface area contributed by atoms with Crippen LogP contribution in [0, 0.1) is 0 Å². The smallest absolute Gasteiger partial charge is 0.257 e. The molecule has 0 fully saturated rings. The number of aliphatic hydroxyl groups excluding tert-OH is 1. The van der Waals surface area contributed by atoms with Gasteiger partial charge >= 0.3 is 0 Å². The van der Waals surface area contributed by atoms with Crippen LogP contribution in [-0.4, -0.2) is 44.0 Å². The lowest BCUT2D eigenvalue weighted by Crippen LogP contribution is -2.32. The van der Waals surface area contributed by atoms with E-state index in [-0.39, 0.29) is 19.1 Å². The van der Waals surface area contributed by atoms with E-state index in [0.29, 0.717) is 18.7 Å². The average molecular weight is 253 g/mol. The predicted molar refractivity (Wildman–Crippen MR) is 67.4 cm³/mol. The van der Waals surface area contributed by atoms with Crippen LogP contribution in [0.3, 0.4) is 0 Å². The number of hydrogen-bond acceptors (Lipinski definition) is 4. The first kappa shape index (κ1) is 14.5. The first-order valence-electron chi connectivity index (χ1n) is 5.84. The topological polar surface area (TPSA) is 67.8 Å². The summed E-state index contributed by atoms with van der Waals surface area (Å²) in [7, 11) is 1.52. The van der Waals surface area contributed by atoms with Gasteiger partial charge in [0, 0.05) is 13.7 Å². The van der Waals surface area contributed by atoms with E-state index in [4.69, 9.17) is 9.47 Å². The fraction of sp³-hybridized carbons (Fsp3) is 0.462. The van der Waals surface area contributed by atoms with Crippen LogP contribution in [0.25, 0.3) is 0 Å². The highest BCUT2D eigenvalue weighted by Gasteiger charge is 2.05. The molecule has 0 spiro atoms. The molecule has 5 heteroatoms. The van der Waals surface area contributed by atoms with E-state index in [1.807, 2.05) is 18.2 Å². The van der Waals surface area contributed by atoms with Crippen LogP contribution in [-0.2, 0) is 9.53 Å². The Hall–Kier alpha value is -1.59. The molecule has 0 aliphatic carbocycles. The Balaban J connectivity index is 2.11. The van der Waals surface area contributed by atoms with Gasteiger partial charge < -0.3 is 19.9 Å². The number of para-hydroxylation sites is 1. The number of methoxy groups -OCH3 is 1. The van der Waals surface area contributed by atoms with Crippen LogP contribution < -0.4 is 10.1 Å². The molecule has 18 heavy (non-hydrogen) atoms. The summed E-state index contributed by atoms with van der Waals surface area (Å²) in [6.07, 6.45) is -0.0874. The molecule has 1 amide bonds. The Morgan fingerprint density at radius 2 is 2.11 bits per heavy atom. The Morgan fingerprint density at radius 1 is 1.39 bits per heavy atom. The van der Waals surface area contributed by atoms with Gasteiger partial charge in [-0.1, -0.05) is 18.2 Å². The van der Waals surface area contributed by atoms with Crippen LogP contribution in [0.15, 0.2) is 30.3 Å². The zero-order chi connectivity index (χ0) is 13.2. The molecule has 1 rings (SSSR count). The van der Waals surface area contributed by atoms with Crippen LogP contribution in [0.4, 0.5) is 0 Å². The van der Waals surface area contributed by atoms with Crippen LogP contribution in [0.1, 0.15) is 6.42 Å². The normalized spacial score (nSPS) is 11.9. The van der Waals surface area contributed by atoms with Crippen molar-refractivity contribution in [2.75, 3.05) is 26.9 Å². The largest absolute Gasteiger partial charge is 0.484 e. The highest BCUT2D eigenvalue weighted by atomic mass is 16.5. The molecule has 0 aromatic heterocycles. The number of ether oxygens (including phenoxy) is 2. The van der Waals surface area contributed by atoms with Crippen molar-refractivity contribution in [3.63, 3.8) is 0 Å². The van der Waals surface area contributed by atoms with Crippen LogP contribution in [0.5, 0.6) is 5.75 Å². The molecule has 100 valence electrons. The van der Waals surface area contributed by atoms with Crippen LogP contribution >= 0.6 is 0 Å². The van der Waals surface area contributed by atoms with E-state index in [1.54, 1.807) is 12.1 Å². The molecule has 1 unspecified atom stereocenters. The Labute approximate surface area is 107 Å². The number of rotatable bonds is 8. The second-order valence-corrected chi connectivity index (χ2v) is 3.85. The maximum Gasteiger partial charge on any atom is 0.257 e. The van der Waals surface area contributed by atoms with Gasteiger partial charge in [0.05, 0.1) is 12.7 Å². The summed E-state index contributed by atoms with van der Waals surface area (Å²) in [5.74, 6) is 0.454. The van der Waals surface area contributed by atoms with Gasteiger partial charge in [0.15, 0.2) is 6.61 Å². The number of amides is 1. The van der Waals surface area contributed by atoms with Gasteiger partial charge in [0.1, 0.15) is 5.75 Å². The second-order valence-electron chi connectivity index (χ2n) is 3.85. The van der Waals surface area contributed by atoms with Crippen molar-refractivity contribution in [3.05, 3.63) is 30.3 Å². The predicted octanol–water partition coefficient (Wildman–Crippen LogP) is 0.579. The molecule has 0 saturated carbocycles. The lowest BCUT2D eigenvalue weighted by atomic mass is 10.2. The number of aliphatic hydroxyl groups is 1. The van der Waals surface area contributed by atoms with E-state index in [2.05, 4.69) is 5.32 Å². The monoisotopic (exact) mass is 253 g/mol. The molecule has 1 aromatic carbocycles. The average Bonchev–Trinajstić information content (AvgIpc) is 2.38. The minimum absolute atomic E-state index is 0.0234. The first-order valence-corrected chi connectivity index (χ1v) is 5.84. The van der Waals surface area contributed by atoms with E-state index in [9.17, 15) is 9.90 Å². The van der Waals surface area contributed by atoms with E-state index in [0.717, 1.165) is 0 Å².